The van der Waals surface area contributed by atoms with E-state index in [1.54, 1.807) is 0 Å². The Kier molecular flexibility index (Phi) is 7.15. The van der Waals surface area contributed by atoms with Gasteiger partial charge >= 0.3 is 0 Å². The Morgan fingerprint density at radius 3 is 2.95 bits per heavy atom. The molecule has 0 aliphatic heterocycles. The maximum Gasteiger partial charge on any atom is 0.129 e. The number of hydrogen-bond donors (Lipinski definition) is 2. The number of nitrogens with one attached hydrogen (secondary N) is 1. The number of aromatic nitrogens is 1. The first-order valence-electron chi connectivity index (χ1n) is 6.79. The van der Waals surface area contributed by atoms with Crippen LogP contribution in [0.2, 0.25) is 0 Å². The first-order chi connectivity index (χ1) is 9.17. The van der Waals surface area contributed by atoms with Crippen LogP contribution in [0.25, 0.3) is 0 Å². The molecule has 0 saturated carbocycles. The summed E-state index contributed by atoms with van der Waals surface area (Å²) in [5, 5.41) is 12.5. The molecule has 1 rings (SSSR count). The third kappa shape index (κ3) is 5.85. The summed E-state index contributed by atoms with van der Waals surface area (Å²) in [6.07, 6.45) is 3.64. The third-order valence-electron chi connectivity index (χ3n) is 2.74. The van der Waals surface area contributed by atoms with Crippen molar-refractivity contribution in [3.8, 4) is 0 Å². The van der Waals surface area contributed by atoms with Gasteiger partial charge < -0.3 is 15.3 Å². The molecule has 4 heteroatoms. The number of anilines is 1. The standard InChI is InChI=1S/C15H25N3O/c1-4-7-18(8-9-19)15-10-14(5-6-17-15)12-16-11-13(2)3/h4-6,10,13,16,19H,1,7-9,11-12H2,2-3H3. The maximum absolute atomic E-state index is 9.08. The number of hydrogen-bond acceptors (Lipinski definition) is 4. The molecular formula is C15H25N3O. The van der Waals surface area contributed by atoms with Crippen molar-refractivity contribution in [2.75, 3.05) is 31.1 Å². The molecule has 0 aliphatic rings. The normalized spacial score (nSPS) is 10.7. The summed E-state index contributed by atoms with van der Waals surface area (Å²) in [7, 11) is 0. The van der Waals surface area contributed by atoms with Gasteiger partial charge in [0.05, 0.1) is 6.61 Å². The number of aliphatic hydroxyl groups excluding tert-OH is 1. The van der Waals surface area contributed by atoms with E-state index in [9.17, 15) is 0 Å². The van der Waals surface area contributed by atoms with E-state index in [0.29, 0.717) is 19.0 Å². The average Bonchev–Trinajstić information content (AvgIpc) is 2.38. The highest BCUT2D eigenvalue weighted by atomic mass is 16.3. The van der Waals surface area contributed by atoms with E-state index < -0.39 is 0 Å². The molecule has 0 amide bonds. The average molecular weight is 263 g/mol. The van der Waals surface area contributed by atoms with Crippen LogP contribution in [-0.4, -0.2) is 36.3 Å². The summed E-state index contributed by atoms with van der Waals surface area (Å²) in [5.74, 6) is 1.53. The van der Waals surface area contributed by atoms with E-state index in [1.807, 2.05) is 23.2 Å². The molecule has 0 atom stereocenters. The van der Waals surface area contributed by atoms with Crippen LogP contribution < -0.4 is 10.2 Å². The molecule has 19 heavy (non-hydrogen) atoms. The zero-order valence-electron chi connectivity index (χ0n) is 12.0. The molecule has 4 nitrogen and oxygen atoms in total. The van der Waals surface area contributed by atoms with Crippen molar-refractivity contribution in [1.82, 2.24) is 10.3 Å². The number of aliphatic hydroxyl groups is 1. The lowest BCUT2D eigenvalue weighted by atomic mass is 10.2. The van der Waals surface area contributed by atoms with Crippen molar-refractivity contribution in [2.45, 2.75) is 20.4 Å². The monoisotopic (exact) mass is 263 g/mol. The summed E-state index contributed by atoms with van der Waals surface area (Å²) >= 11 is 0. The van der Waals surface area contributed by atoms with Crippen LogP contribution in [-0.2, 0) is 6.54 Å². The van der Waals surface area contributed by atoms with Crippen molar-refractivity contribution in [1.29, 1.82) is 0 Å². The lowest BCUT2D eigenvalue weighted by Crippen LogP contribution is -2.27. The Bertz CT molecular complexity index is 379. The lowest BCUT2D eigenvalue weighted by molar-refractivity contribution is 0.302. The second-order valence-corrected chi connectivity index (χ2v) is 5.01. The maximum atomic E-state index is 9.08. The van der Waals surface area contributed by atoms with Gasteiger partial charge in [0.25, 0.3) is 0 Å². The van der Waals surface area contributed by atoms with Crippen molar-refractivity contribution >= 4 is 5.82 Å². The summed E-state index contributed by atoms with van der Waals surface area (Å²) in [4.78, 5) is 6.37. The fraction of sp³-hybridized carbons (Fsp3) is 0.533. The second-order valence-electron chi connectivity index (χ2n) is 5.01. The van der Waals surface area contributed by atoms with Gasteiger partial charge in [-0.15, -0.1) is 6.58 Å². The Hall–Kier alpha value is -1.39. The fourth-order valence-electron chi connectivity index (χ4n) is 1.82. The lowest BCUT2D eigenvalue weighted by Gasteiger charge is -2.21. The summed E-state index contributed by atoms with van der Waals surface area (Å²) in [6, 6.07) is 4.08. The zero-order valence-corrected chi connectivity index (χ0v) is 12.0. The van der Waals surface area contributed by atoms with Crippen LogP contribution in [0.4, 0.5) is 5.82 Å². The highest BCUT2D eigenvalue weighted by Crippen LogP contribution is 2.12. The SMILES string of the molecule is C=CCN(CCO)c1cc(CNCC(C)C)ccn1. The molecule has 1 aromatic rings. The van der Waals surface area contributed by atoms with Gasteiger partial charge in [0, 0.05) is 25.8 Å². The van der Waals surface area contributed by atoms with E-state index in [1.165, 1.54) is 5.56 Å². The Morgan fingerprint density at radius 2 is 2.32 bits per heavy atom. The van der Waals surface area contributed by atoms with Gasteiger partial charge in [-0.1, -0.05) is 19.9 Å². The molecule has 0 radical (unpaired) electrons. The van der Waals surface area contributed by atoms with E-state index in [4.69, 9.17) is 5.11 Å². The van der Waals surface area contributed by atoms with Crippen molar-refractivity contribution in [2.24, 2.45) is 5.92 Å². The minimum Gasteiger partial charge on any atom is -0.395 e. The second kappa shape index (κ2) is 8.67. The highest BCUT2D eigenvalue weighted by molar-refractivity contribution is 5.41. The van der Waals surface area contributed by atoms with E-state index in [0.717, 1.165) is 18.9 Å². The van der Waals surface area contributed by atoms with Gasteiger partial charge in [-0.25, -0.2) is 4.98 Å². The quantitative estimate of drug-likeness (QED) is 0.667. The molecule has 1 heterocycles. The van der Waals surface area contributed by atoms with Crippen molar-refractivity contribution in [3.63, 3.8) is 0 Å². The zero-order chi connectivity index (χ0) is 14.1. The van der Waals surface area contributed by atoms with Gasteiger partial charge in [-0.2, -0.15) is 0 Å². The Morgan fingerprint density at radius 1 is 1.53 bits per heavy atom. The predicted octanol–water partition coefficient (Wildman–Crippen LogP) is 1.81. The van der Waals surface area contributed by atoms with Gasteiger partial charge in [0.15, 0.2) is 0 Å². The molecule has 0 saturated heterocycles. The summed E-state index contributed by atoms with van der Waals surface area (Å²) in [5.41, 5.74) is 1.21. The molecule has 0 spiro atoms. The largest absolute Gasteiger partial charge is 0.395 e. The van der Waals surface area contributed by atoms with Gasteiger partial charge in [-0.05, 0) is 30.2 Å². The van der Waals surface area contributed by atoms with E-state index in [-0.39, 0.29) is 6.61 Å². The molecule has 0 aliphatic carbocycles. The van der Waals surface area contributed by atoms with Gasteiger partial charge in [0.2, 0.25) is 0 Å². The van der Waals surface area contributed by atoms with Gasteiger partial charge in [0.1, 0.15) is 5.82 Å². The molecule has 0 aromatic carbocycles. The van der Waals surface area contributed by atoms with Crippen LogP contribution in [0.1, 0.15) is 19.4 Å². The Labute approximate surface area is 116 Å². The minimum absolute atomic E-state index is 0.116. The van der Waals surface area contributed by atoms with Crippen LogP contribution in [0, 0.1) is 5.92 Å². The molecular weight excluding hydrogens is 238 g/mol. The van der Waals surface area contributed by atoms with Gasteiger partial charge in [-0.3, -0.25) is 0 Å². The third-order valence-corrected chi connectivity index (χ3v) is 2.74. The van der Waals surface area contributed by atoms with Crippen molar-refractivity contribution in [3.05, 3.63) is 36.5 Å². The minimum atomic E-state index is 0.116. The van der Waals surface area contributed by atoms with Crippen LogP contribution in [0.5, 0.6) is 0 Å². The molecule has 1 aromatic heterocycles. The Balaban J connectivity index is 2.65. The highest BCUT2D eigenvalue weighted by Gasteiger charge is 2.06. The predicted molar refractivity (Wildman–Crippen MR) is 80.3 cm³/mol. The number of rotatable bonds is 9. The fourth-order valence-corrected chi connectivity index (χ4v) is 1.82. The molecule has 0 bridgehead atoms. The van der Waals surface area contributed by atoms with E-state index >= 15 is 0 Å². The smallest absolute Gasteiger partial charge is 0.129 e. The van der Waals surface area contributed by atoms with Crippen LogP contribution >= 0.6 is 0 Å². The van der Waals surface area contributed by atoms with Crippen LogP contribution in [0.15, 0.2) is 31.0 Å². The number of pyridine rings is 1. The summed E-state index contributed by atoms with van der Waals surface area (Å²) < 4.78 is 0. The first-order valence-corrected chi connectivity index (χ1v) is 6.79. The molecule has 2 N–H and O–H groups in total. The number of nitrogens with zero attached hydrogens (tertiary/aromatic N) is 2. The van der Waals surface area contributed by atoms with Crippen molar-refractivity contribution < 1.29 is 5.11 Å². The van der Waals surface area contributed by atoms with E-state index in [2.05, 4.69) is 36.8 Å². The first kappa shape index (κ1) is 15.7. The topological polar surface area (TPSA) is 48.4 Å². The molecule has 0 unspecified atom stereocenters. The van der Waals surface area contributed by atoms with Crippen LogP contribution in [0.3, 0.4) is 0 Å². The molecule has 106 valence electrons. The summed E-state index contributed by atoms with van der Waals surface area (Å²) in [6.45, 7) is 11.3. The molecule has 0 fully saturated rings.